The maximum atomic E-state index is 6.02. The third kappa shape index (κ3) is 3.96. The van der Waals surface area contributed by atoms with Gasteiger partial charge in [-0.1, -0.05) is 45.2 Å². The van der Waals surface area contributed by atoms with Crippen molar-refractivity contribution in [3.05, 3.63) is 50.4 Å². The molecule has 0 saturated heterocycles. The molecule has 0 aliphatic rings. The van der Waals surface area contributed by atoms with Crippen molar-refractivity contribution in [3.8, 4) is 0 Å². The van der Waals surface area contributed by atoms with Crippen LogP contribution in [0.25, 0.3) is 0 Å². The van der Waals surface area contributed by atoms with E-state index >= 15 is 0 Å². The Morgan fingerprint density at radius 1 is 1.14 bits per heavy atom. The lowest BCUT2D eigenvalue weighted by atomic mass is 10.2. The lowest BCUT2D eigenvalue weighted by molar-refractivity contribution is 1.10. The number of hydrogen-bond acceptors (Lipinski definition) is 3. The van der Waals surface area contributed by atoms with Crippen LogP contribution in [0, 0.1) is 0 Å². The van der Waals surface area contributed by atoms with E-state index in [0.29, 0.717) is 22.3 Å². The monoisotopic (exact) mass is 387 g/mol. The quantitative estimate of drug-likeness (QED) is 0.722. The number of nitrogens with zero attached hydrogens (tertiary/aromatic N) is 1. The van der Waals surface area contributed by atoms with Crippen LogP contribution in [0.2, 0.25) is 10.0 Å². The van der Waals surface area contributed by atoms with Crippen molar-refractivity contribution in [1.82, 2.24) is 0 Å². The summed E-state index contributed by atoms with van der Waals surface area (Å²) in [7, 11) is 4.02. The molecule has 0 aliphatic carbocycles. The van der Waals surface area contributed by atoms with Gasteiger partial charge in [0.1, 0.15) is 0 Å². The number of halogens is 3. The Hall–Kier alpha value is -1.10. The fourth-order valence-corrected chi connectivity index (χ4v) is 2.84. The summed E-state index contributed by atoms with van der Waals surface area (Å²) in [5.74, 6) is 0. The van der Waals surface area contributed by atoms with E-state index < -0.39 is 0 Å². The highest BCUT2D eigenvalue weighted by Gasteiger charge is 2.06. The minimum atomic E-state index is 0.403. The third-order valence-corrected chi connectivity index (χ3v) is 4.48. The Labute approximate surface area is 143 Å². The molecule has 3 N–H and O–H groups in total. The van der Waals surface area contributed by atoms with Gasteiger partial charge in [0.05, 0.1) is 15.7 Å². The molecule has 112 valence electrons. The van der Waals surface area contributed by atoms with E-state index in [4.69, 9.17) is 28.9 Å². The van der Waals surface area contributed by atoms with Crippen LogP contribution in [0.4, 0.5) is 17.1 Å². The van der Waals surface area contributed by atoms with Gasteiger partial charge < -0.3 is 16.0 Å². The molecular formula is C15H16BrCl2N3. The number of nitrogens with two attached hydrogens (primary N) is 1. The van der Waals surface area contributed by atoms with Crippen molar-refractivity contribution >= 4 is 56.2 Å². The molecule has 0 saturated carbocycles. The largest absolute Gasteiger partial charge is 0.396 e. The van der Waals surface area contributed by atoms with Crippen LogP contribution < -0.4 is 16.0 Å². The second-order valence-electron chi connectivity index (χ2n) is 4.88. The van der Waals surface area contributed by atoms with Crippen LogP contribution in [0.5, 0.6) is 0 Å². The summed E-state index contributed by atoms with van der Waals surface area (Å²) in [6, 6.07) is 9.77. The first-order chi connectivity index (χ1) is 9.88. The molecule has 0 radical (unpaired) electrons. The smallest absolute Gasteiger partial charge is 0.0694 e. The summed E-state index contributed by atoms with van der Waals surface area (Å²) in [5, 5.41) is 4.19. The minimum absolute atomic E-state index is 0.403. The second kappa shape index (κ2) is 6.77. The lowest BCUT2D eigenvalue weighted by Crippen LogP contribution is -2.09. The zero-order chi connectivity index (χ0) is 15.6. The fraction of sp³-hybridized carbons (Fsp3) is 0.200. The highest BCUT2D eigenvalue weighted by atomic mass is 79.9. The average molecular weight is 389 g/mol. The average Bonchev–Trinajstić information content (AvgIpc) is 2.43. The number of nitrogen functional groups attached to an aromatic ring is 1. The van der Waals surface area contributed by atoms with Crippen molar-refractivity contribution in [1.29, 1.82) is 0 Å². The SMILES string of the molecule is CN(C)c1ccc(CNc2cc(Cl)c(N)c(Cl)c2)c(Br)c1. The molecule has 2 aromatic carbocycles. The van der Waals surface area contributed by atoms with E-state index in [1.165, 1.54) is 0 Å². The van der Waals surface area contributed by atoms with Crippen LogP contribution in [-0.4, -0.2) is 14.1 Å². The number of anilines is 3. The summed E-state index contributed by atoms with van der Waals surface area (Å²) < 4.78 is 1.05. The number of rotatable bonds is 4. The summed E-state index contributed by atoms with van der Waals surface area (Å²) in [4.78, 5) is 2.06. The van der Waals surface area contributed by atoms with Gasteiger partial charge in [-0.05, 0) is 29.8 Å². The first kappa shape index (κ1) is 16.3. The van der Waals surface area contributed by atoms with E-state index in [1.54, 1.807) is 12.1 Å². The van der Waals surface area contributed by atoms with Crippen molar-refractivity contribution in [2.75, 3.05) is 30.0 Å². The van der Waals surface area contributed by atoms with Crippen LogP contribution in [0.1, 0.15) is 5.56 Å². The maximum absolute atomic E-state index is 6.02. The molecule has 0 aliphatic heterocycles. The Balaban J connectivity index is 2.13. The van der Waals surface area contributed by atoms with Gasteiger partial charge in [0.25, 0.3) is 0 Å². The number of nitrogens with one attached hydrogen (secondary N) is 1. The Morgan fingerprint density at radius 2 is 1.76 bits per heavy atom. The third-order valence-electron chi connectivity index (χ3n) is 3.12. The molecule has 2 rings (SSSR count). The van der Waals surface area contributed by atoms with Gasteiger partial charge in [0, 0.05) is 36.5 Å². The van der Waals surface area contributed by atoms with E-state index in [-0.39, 0.29) is 0 Å². The van der Waals surface area contributed by atoms with E-state index in [9.17, 15) is 0 Å². The standard InChI is InChI=1S/C15H16BrCl2N3/c1-21(2)11-4-3-9(12(16)7-11)8-20-10-5-13(17)15(19)14(18)6-10/h3-7,20H,8,19H2,1-2H3. The number of benzene rings is 2. The summed E-state index contributed by atoms with van der Waals surface area (Å²) >= 11 is 15.6. The maximum Gasteiger partial charge on any atom is 0.0694 e. The van der Waals surface area contributed by atoms with Crippen molar-refractivity contribution < 1.29 is 0 Å². The highest BCUT2D eigenvalue weighted by molar-refractivity contribution is 9.10. The van der Waals surface area contributed by atoms with E-state index in [2.05, 4.69) is 44.3 Å². The van der Waals surface area contributed by atoms with E-state index in [0.717, 1.165) is 21.4 Å². The van der Waals surface area contributed by atoms with Crippen molar-refractivity contribution in [2.45, 2.75) is 6.54 Å². The Bertz CT molecular complexity index is 636. The molecule has 3 nitrogen and oxygen atoms in total. The van der Waals surface area contributed by atoms with Gasteiger partial charge in [-0.3, -0.25) is 0 Å². The Morgan fingerprint density at radius 3 is 2.29 bits per heavy atom. The molecule has 0 aromatic heterocycles. The summed E-state index contributed by atoms with van der Waals surface area (Å²) in [6.07, 6.45) is 0. The second-order valence-corrected chi connectivity index (χ2v) is 6.55. The molecule has 2 aromatic rings. The molecule has 0 spiro atoms. The normalized spacial score (nSPS) is 10.5. The van der Waals surface area contributed by atoms with E-state index in [1.807, 2.05) is 14.1 Å². The zero-order valence-electron chi connectivity index (χ0n) is 11.8. The molecular weight excluding hydrogens is 373 g/mol. The van der Waals surface area contributed by atoms with Crippen LogP contribution in [-0.2, 0) is 6.54 Å². The van der Waals surface area contributed by atoms with Gasteiger partial charge in [-0.25, -0.2) is 0 Å². The highest BCUT2D eigenvalue weighted by Crippen LogP contribution is 2.31. The topological polar surface area (TPSA) is 41.3 Å². The van der Waals surface area contributed by atoms with Gasteiger partial charge in [0.2, 0.25) is 0 Å². The fourth-order valence-electron chi connectivity index (χ4n) is 1.84. The molecule has 0 amide bonds. The summed E-state index contributed by atoms with van der Waals surface area (Å²) in [5.41, 5.74) is 9.25. The van der Waals surface area contributed by atoms with Gasteiger partial charge in [-0.15, -0.1) is 0 Å². The molecule has 6 heteroatoms. The predicted octanol–water partition coefficient (Wildman–Crippen LogP) is 5.02. The molecule has 0 heterocycles. The van der Waals surface area contributed by atoms with Gasteiger partial charge in [0.15, 0.2) is 0 Å². The van der Waals surface area contributed by atoms with Crippen molar-refractivity contribution in [3.63, 3.8) is 0 Å². The molecule has 0 bridgehead atoms. The van der Waals surface area contributed by atoms with Crippen LogP contribution in [0.3, 0.4) is 0 Å². The van der Waals surface area contributed by atoms with Crippen molar-refractivity contribution in [2.24, 2.45) is 0 Å². The van der Waals surface area contributed by atoms with Gasteiger partial charge in [-0.2, -0.15) is 0 Å². The first-order valence-electron chi connectivity index (χ1n) is 6.32. The van der Waals surface area contributed by atoms with Crippen LogP contribution in [0.15, 0.2) is 34.8 Å². The molecule has 0 atom stereocenters. The molecule has 21 heavy (non-hydrogen) atoms. The zero-order valence-corrected chi connectivity index (χ0v) is 14.9. The lowest BCUT2D eigenvalue weighted by Gasteiger charge is -2.15. The predicted molar refractivity (Wildman–Crippen MR) is 96.7 cm³/mol. The molecule has 0 fully saturated rings. The minimum Gasteiger partial charge on any atom is -0.396 e. The van der Waals surface area contributed by atoms with Crippen LogP contribution >= 0.6 is 39.1 Å². The number of hydrogen-bond donors (Lipinski definition) is 2. The van der Waals surface area contributed by atoms with Gasteiger partial charge >= 0.3 is 0 Å². The summed E-state index contributed by atoms with van der Waals surface area (Å²) in [6.45, 7) is 0.658. The Kier molecular flexibility index (Phi) is 5.25. The molecule has 0 unspecified atom stereocenters. The first-order valence-corrected chi connectivity index (χ1v) is 7.87.